The van der Waals surface area contributed by atoms with Crippen molar-refractivity contribution in [3.05, 3.63) is 33.9 Å². The molecule has 0 spiro atoms. The Hall–Kier alpha value is -1.80. The summed E-state index contributed by atoms with van der Waals surface area (Å²) in [5, 5.41) is 30.4. The highest BCUT2D eigenvalue weighted by molar-refractivity contribution is 5.62. The van der Waals surface area contributed by atoms with E-state index in [1.807, 2.05) is 0 Å². The molecule has 0 bridgehead atoms. The Morgan fingerprint density at radius 1 is 1.47 bits per heavy atom. The first-order valence-electron chi connectivity index (χ1n) is 4.62. The fourth-order valence-electron chi connectivity index (χ4n) is 1.18. The minimum absolute atomic E-state index is 0.264. The maximum atomic E-state index is 13.1. The summed E-state index contributed by atoms with van der Waals surface area (Å²) >= 11 is 0. The summed E-state index contributed by atoms with van der Waals surface area (Å²) in [4.78, 5) is 9.56. The number of rotatable bonds is 5. The van der Waals surface area contributed by atoms with Gasteiger partial charge in [-0.15, -0.1) is 0 Å². The number of nitro benzene ring substituents is 1. The van der Waals surface area contributed by atoms with Gasteiger partial charge in [-0.3, -0.25) is 10.1 Å². The number of nitrogens with one attached hydrogen (secondary N) is 1. The SMILES string of the molecule is O=[N+]([O-])c1c(F)cc(F)cc1NCC(O)CO. The molecule has 0 amide bonds. The first-order valence-corrected chi connectivity index (χ1v) is 4.62. The largest absolute Gasteiger partial charge is 0.394 e. The maximum absolute atomic E-state index is 13.1. The van der Waals surface area contributed by atoms with Crippen molar-refractivity contribution >= 4 is 11.4 Å². The molecule has 1 atom stereocenters. The van der Waals surface area contributed by atoms with Crippen LogP contribution in [-0.4, -0.2) is 34.4 Å². The van der Waals surface area contributed by atoms with Crippen LogP contribution in [0.1, 0.15) is 0 Å². The summed E-state index contributed by atoms with van der Waals surface area (Å²) in [7, 11) is 0. The number of halogens is 2. The second kappa shape index (κ2) is 5.51. The molecule has 0 aliphatic carbocycles. The van der Waals surface area contributed by atoms with Crippen LogP contribution in [-0.2, 0) is 0 Å². The Morgan fingerprint density at radius 3 is 2.65 bits per heavy atom. The molecule has 3 N–H and O–H groups in total. The summed E-state index contributed by atoms with van der Waals surface area (Å²) < 4.78 is 26.0. The average molecular weight is 248 g/mol. The van der Waals surface area contributed by atoms with Crippen molar-refractivity contribution in [1.29, 1.82) is 0 Å². The molecule has 8 heteroatoms. The smallest absolute Gasteiger partial charge is 0.327 e. The van der Waals surface area contributed by atoms with E-state index in [1.165, 1.54) is 0 Å². The summed E-state index contributed by atoms with van der Waals surface area (Å²) in [5.41, 5.74) is -1.29. The number of hydrogen-bond acceptors (Lipinski definition) is 5. The second-order valence-corrected chi connectivity index (χ2v) is 3.26. The van der Waals surface area contributed by atoms with Crippen molar-refractivity contribution < 1.29 is 23.9 Å². The molecule has 94 valence electrons. The van der Waals surface area contributed by atoms with Crippen LogP contribution >= 0.6 is 0 Å². The number of aliphatic hydroxyl groups excluding tert-OH is 2. The Kier molecular flexibility index (Phi) is 4.30. The Labute approximate surface area is 94.6 Å². The van der Waals surface area contributed by atoms with Gasteiger partial charge in [0.05, 0.1) is 17.6 Å². The van der Waals surface area contributed by atoms with Crippen LogP contribution in [0, 0.1) is 21.7 Å². The predicted octanol–water partition coefficient (Wildman–Crippen LogP) is 0.638. The predicted molar refractivity (Wildman–Crippen MR) is 54.6 cm³/mol. The van der Waals surface area contributed by atoms with E-state index < -0.39 is 35.0 Å². The summed E-state index contributed by atoms with van der Waals surface area (Å²) in [6, 6.07) is 1.14. The number of hydrogen-bond donors (Lipinski definition) is 3. The summed E-state index contributed by atoms with van der Waals surface area (Å²) in [6.45, 7) is -0.834. The molecular formula is C9H10F2N2O4. The van der Waals surface area contributed by atoms with Gasteiger partial charge < -0.3 is 15.5 Å². The lowest BCUT2D eigenvalue weighted by molar-refractivity contribution is -0.386. The molecule has 1 unspecified atom stereocenters. The Bertz CT molecular complexity index is 428. The molecule has 0 aromatic heterocycles. The van der Waals surface area contributed by atoms with E-state index in [-0.39, 0.29) is 12.2 Å². The first kappa shape index (κ1) is 13.3. The zero-order valence-corrected chi connectivity index (χ0v) is 8.56. The monoisotopic (exact) mass is 248 g/mol. The van der Waals surface area contributed by atoms with Gasteiger partial charge in [0.1, 0.15) is 11.5 Å². The fraction of sp³-hybridized carbons (Fsp3) is 0.333. The number of nitrogens with zero attached hydrogens (tertiary/aromatic N) is 1. The highest BCUT2D eigenvalue weighted by Crippen LogP contribution is 2.28. The van der Waals surface area contributed by atoms with Gasteiger partial charge in [-0.05, 0) is 0 Å². The lowest BCUT2D eigenvalue weighted by atomic mass is 10.2. The van der Waals surface area contributed by atoms with Crippen LogP contribution in [0.4, 0.5) is 20.2 Å². The molecule has 0 saturated heterocycles. The van der Waals surface area contributed by atoms with E-state index in [1.54, 1.807) is 0 Å². The third-order valence-electron chi connectivity index (χ3n) is 1.95. The van der Waals surface area contributed by atoms with Crippen LogP contribution < -0.4 is 5.32 Å². The zero-order chi connectivity index (χ0) is 13.0. The van der Waals surface area contributed by atoms with Gasteiger partial charge in [-0.25, -0.2) is 4.39 Å². The van der Waals surface area contributed by atoms with E-state index in [4.69, 9.17) is 10.2 Å². The Balaban J connectivity index is 3.00. The van der Waals surface area contributed by atoms with E-state index >= 15 is 0 Å². The number of nitro groups is 1. The molecule has 1 aromatic rings. The third-order valence-corrected chi connectivity index (χ3v) is 1.95. The highest BCUT2D eigenvalue weighted by atomic mass is 19.1. The molecule has 0 aliphatic rings. The van der Waals surface area contributed by atoms with Gasteiger partial charge >= 0.3 is 5.69 Å². The van der Waals surface area contributed by atoms with Crippen molar-refractivity contribution in [3.63, 3.8) is 0 Å². The van der Waals surface area contributed by atoms with Gasteiger partial charge in [0, 0.05) is 18.7 Å². The number of anilines is 1. The lowest BCUT2D eigenvalue weighted by Gasteiger charge is -2.10. The van der Waals surface area contributed by atoms with E-state index in [9.17, 15) is 18.9 Å². The molecule has 0 saturated carbocycles. The first-order chi connectivity index (χ1) is 7.95. The van der Waals surface area contributed by atoms with Gasteiger partial charge in [0.25, 0.3) is 0 Å². The molecule has 1 rings (SSSR count). The van der Waals surface area contributed by atoms with Crippen LogP contribution in [0.3, 0.4) is 0 Å². The molecule has 17 heavy (non-hydrogen) atoms. The molecule has 0 heterocycles. The van der Waals surface area contributed by atoms with Crippen LogP contribution in [0.2, 0.25) is 0 Å². The van der Waals surface area contributed by atoms with Crippen molar-refractivity contribution in [2.24, 2.45) is 0 Å². The molecule has 0 aliphatic heterocycles. The van der Waals surface area contributed by atoms with E-state index in [2.05, 4.69) is 5.32 Å². The van der Waals surface area contributed by atoms with Gasteiger partial charge in [0.2, 0.25) is 5.82 Å². The van der Waals surface area contributed by atoms with E-state index in [0.717, 1.165) is 6.07 Å². The fourth-order valence-corrected chi connectivity index (χ4v) is 1.18. The van der Waals surface area contributed by atoms with Crippen molar-refractivity contribution in [1.82, 2.24) is 0 Å². The van der Waals surface area contributed by atoms with Crippen molar-refractivity contribution in [2.75, 3.05) is 18.5 Å². The molecule has 1 aromatic carbocycles. The normalized spacial score (nSPS) is 12.2. The highest BCUT2D eigenvalue weighted by Gasteiger charge is 2.22. The van der Waals surface area contributed by atoms with Crippen LogP contribution in [0.25, 0.3) is 0 Å². The minimum atomic E-state index is -1.31. The van der Waals surface area contributed by atoms with Gasteiger partial charge in [-0.2, -0.15) is 4.39 Å². The van der Waals surface area contributed by atoms with Gasteiger partial charge in [0.15, 0.2) is 0 Å². The molecule has 0 fully saturated rings. The second-order valence-electron chi connectivity index (χ2n) is 3.26. The summed E-state index contributed by atoms with van der Waals surface area (Å²) in [5.74, 6) is -2.29. The van der Waals surface area contributed by atoms with Crippen molar-refractivity contribution in [2.45, 2.75) is 6.10 Å². The zero-order valence-electron chi connectivity index (χ0n) is 8.56. The lowest BCUT2D eigenvalue weighted by Crippen LogP contribution is -2.23. The number of aliphatic hydroxyl groups is 2. The number of benzene rings is 1. The topological polar surface area (TPSA) is 95.6 Å². The molecule has 0 radical (unpaired) electrons. The standard InChI is InChI=1S/C9H10F2N2O4/c10-5-1-7(11)9(13(16)17)8(2-5)12-3-6(15)4-14/h1-2,6,12,14-15H,3-4H2. The van der Waals surface area contributed by atoms with Crippen molar-refractivity contribution in [3.8, 4) is 0 Å². The molecule has 6 nitrogen and oxygen atoms in total. The summed E-state index contributed by atoms with van der Waals surface area (Å²) in [6.07, 6.45) is -1.18. The molecular weight excluding hydrogens is 238 g/mol. The van der Waals surface area contributed by atoms with Gasteiger partial charge in [-0.1, -0.05) is 0 Å². The Morgan fingerprint density at radius 2 is 2.12 bits per heavy atom. The quantitative estimate of drug-likeness (QED) is 0.525. The minimum Gasteiger partial charge on any atom is -0.394 e. The average Bonchev–Trinajstić information content (AvgIpc) is 2.24. The third kappa shape index (κ3) is 3.33. The van der Waals surface area contributed by atoms with E-state index in [0.29, 0.717) is 6.07 Å². The maximum Gasteiger partial charge on any atom is 0.327 e. The van der Waals surface area contributed by atoms with Crippen LogP contribution in [0.15, 0.2) is 12.1 Å². The van der Waals surface area contributed by atoms with Crippen LogP contribution in [0.5, 0.6) is 0 Å².